The normalized spacial score (nSPS) is 25.6. The van der Waals surface area contributed by atoms with Crippen molar-refractivity contribution in [2.45, 2.75) is 31.3 Å². The van der Waals surface area contributed by atoms with Gasteiger partial charge in [-0.15, -0.1) is 0 Å². The summed E-state index contributed by atoms with van der Waals surface area (Å²) in [6, 6.07) is 8.31. The SMILES string of the molecule is COc1ccc(C2CC(C3CC3)N=C3C=CC([N+](=O)[O-])=CN32)cc1. The van der Waals surface area contributed by atoms with Crippen LogP contribution in [0.4, 0.5) is 0 Å². The molecule has 3 aliphatic rings. The number of fused-ring (bicyclic) bond motifs is 1. The van der Waals surface area contributed by atoms with Gasteiger partial charge >= 0.3 is 0 Å². The van der Waals surface area contributed by atoms with Crippen LogP contribution in [0, 0.1) is 16.0 Å². The van der Waals surface area contributed by atoms with Crippen molar-refractivity contribution in [1.82, 2.24) is 4.90 Å². The lowest BCUT2D eigenvalue weighted by molar-refractivity contribution is -0.420. The van der Waals surface area contributed by atoms with Gasteiger partial charge in [0, 0.05) is 6.08 Å². The molecule has 2 heterocycles. The molecule has 0 N–H and O–H groups in total. The summed E-state index contributed by atoms with van der Waals surface area (Å²) in [5.41, 5.74) is 1.22. The molecule has 0 bridgehead atoms. The molecule has 0 aromatic heterocycles. The topological polar surface area (TPSA) is 68.0 Å². The fourth-order valence-corrected chi connectivity index (χ4v) is 3.43. The molecule has 2 aliphatic heterocycles. The molecule has 0 amide bonds. The Hall–Kier alpha value is -2.63. The predicted octanol–water partition coefficient (Wildman–Crippen LogP) is 3.31. The van der Waals surface area contributed by atoms with Crippen molar-refractivity contribution in [3.63, 3.8) is 0 Å². The highest BCUT2D eigenvalue weighted by Gasteiger charge is 2.39. The van der Waals surface area contributed by atoms with E-state index in [9.17, 15) is 10.1 Å². The molecule has 1 saturated carbocycles. The van der Waals surface area contributed by atoms with Gasteiger partial charge in [-0.2, -0.15) is 0 Å². The fourth-order valence-electron chi connectivity index (χ4n) is 3.43. The van der Waals surface area contributed by atoms with Crippen molar-refractivity contribution in [2.24, 2.45) is 10.9 Å². The van der Waals surface area contributed by atoms with Crippen LogP contribution in [0.25, 0.3) is 0 Å². The van der Waals surface area contributed by atoms with Gasteiger partial charge in [-0.25, -0.2) is 0 Å². The third-order valence-electron chi connectivity index (χ3n) is 4.92. The summed E-state index contributed by atoms with van der Waals surface area (Å²) in [5.74, 6) is 2.29. The van der Waals surface area contributed by atoms with Gasteiger partial charge in [-0.1, -0.05) is 12.1 Å². The summed E-state index contributed by atoms with van der Waals surface area (Å²) in [6.07, 6.45) is 8.26. The minimum atomic E-state index is -0.356. The second-order valence-electron chi connectivity index (χ2n) is 6.47. The quantitative estimate of drug-likeness (QED) is 0.629. The largest absolute Gasteiger partial charge is 0.497 e. The molecular formula is C18H19N3O3. The first-order chi connectivity index (χ1) is 11.7. The van der Waals surface area contributed by atoms with Crippen molar-refractivity contribution in [3.8, 4) is 5.75 Å². The van der Waals surface area contributed by atoms with Crippen LogP contribution in [-0.4, -0.2) is 28.8 Å². The lowest BCUT2D eigenvalue weighted by atomic mass is 9.93. The third-order valence-corrected chi connectivity index (χ3v) is 4.92. The molecule has 6 heteroatoms. The van der Waals surface area contributed by atoms with Gasteiger partial charge in [0.15, 0.2) is 0 Å². The lowest BCUT2D eigenvalue weighted by Gasteiger charge is -2.38. The van der Waals surface area contributed by atoms with Crippen LogP contribution >= 0.6 is 0 Å². The first kappa shape index (κ1) is 14.9. The van der Waals surface area contributed by atoms with Gasteiger partial charge in [-0.3, -0.25) is 15.1 Å². The van der Waals surface area contributed by atoms with E-state index in [0.29, 0.717) is 12.0 Å². The van der Waals surface area contributed by atoms with E-state index >= 15 is 0 Å². The van der Waals surface area contributed by atoms with E-state index in [2.05, 4.69) is 0 Å². The zero-order chi connectivity index (χ0) is 16.7. The molecule has 124 valence electrons. The number of methoxy groups -OCH3 is 1. The maximum atomic E-state index is 11.1. The first-order valence-corrected chi connectivity index (χ1v) is 8.20. The van der Waals surface area contributed by atoms with Gasteiger partial charge in [0.2, 0.25) is 0 Å². The molecule has 1 aromatic carbocycles. The molecule has 1 fully saturated rings. The number of amidine groups is 1. The van der Waals surface area contributed by atoms with E-state index in [1.54, 1.807) is 19.4 Å². The average molecular weight is 325 g/mol. The number of ether oxygens (including phenoxy) is 1. The number of rotatable bonds is 4. The zero-order valence-electron chi connectivity index (χ0n) is 13.5. The smallest absolute Gasteiger partial charge is 0.285 e. The van der Waals surface area contributed by atoms with Crippen LogP contribution in [0.15, 0.2) is 53.3 Å². The monoisotopic (exact) mass is 325 g/mol. The maximum Gasteiger partial charge on any atom is 0.285 e. The number of allylic oxidation sites excluding steroid dienone is 1. The number of benzene rings is 1. The molecule has 1 aromatic rings. The number of aliphatic imine (C=N–C) groups is 1. The minimum absolute atomic E-state index is 0.0638. The van der Waals surface area contributed by atoms with E-state index in [1.807, 2.05) is 29.2 Å². The Morgan fingerprint density at radius 2 is 2.00 bits per heavy atom. The maximum absolute atomic E-state index is 11.1. The Morgan fingerprint density at radius 1 is 1.25 bits per heavy atom. The van der Waals surface area contributed by atoms with E-state index in [4.69, 9.17) is 9.73 Å². The Labute approximate surface area is 140 Å². The molecule has 4 rings (SSSR count). The van der Waals surface area contributed by atoms with Gasteiger partial charge in [-0.05, 0) is 49.0 Å². The highest BCUT2D eigenvalue weighted by Crippen LogP contribution is 2.43. The Kier molecular flexibility index (Phi) is 3.59. The van der Waals surface area contributed by atoms with Crippen molar-refractivity contribution >= 4 is 5.84 Å². The first-order valence-electron chi connectivity index (χ1n) is 8.20. The molecule has 2 unspecified atom stereocenters. The minimum Gasteiger partial charge on any atom is -0.497 e. The number of nitrogens with zero attached hydrogens (tertiary/aromatic N) is 3. The van der Waals surface area contributed by atoms with Crippen molar-refractivity contribution < 1.29 is 9.66 Å². The summed E-state index contributed by atoms with van der Waals surface area (Å²) in [6.45, 7) is 0. The predicted molar refractivity (Wildman–Crippen MR) is 90.4 cm³/mol. The zero-order valence-corrected chi connectivity index (χ0v) is 13.5. The van der Waals surface area contributed by atoms with Crippen LogP contribution in [0.5, 0.6) is 5.75 Å². The number of nitro groups is 1. The van der Waals surface area contributed by atoms with Crippen LogP contribution in [0.2, 0.25) is 0 Å². The number of hydrogen-bond donors (Lipinski definition) is 0. The number of hydrogen-bond acceptors (Lipinski definition) is 5. The molecule has 0 saturated heterocycles. The van der Waals surface area contributed by atoms with Crippen molar-refractivity contribution in [1.29, 1.82) is 0 Å². The molecule has 2 atom stereocenters. The second kappa shape index (κ2) is 5.78. The Balaban J connectivity index is 1.71. The van der Waals surface area contributed by atoms with Crippen LogP contribution in [0.1, 0.15) is 30.9 Å². The molecule has 0 radical (unpaired) electrons. The van der Waals surface area contributed by atoms with E-state index < -0.39 is 0 Å². The average Bonchev–Trinajstić information content (AvgIpc) is 3.45. The van der Waals surface area contributed by atoms with Gasteiger partial charge in [0.1, 0.15) is 11.6 Å². The summed E-state index contributed by atoms with van der Waals surface area (Å²) < 4.78 is 5.23. The molecule has 6 nitrogen and oxygen atoms in total. The lowest BCUT2D eigenvalue weighted by Crippen LogP contribution is -2.39. The fraction of sp³-hybridized carbons (Fsp3) is 0.389. The van der Waals surface area contributed by atoms with E-state index in [-0.39, 0.29) is 16.7 Å². The van der Waals surface area contributed by atoms with Gasteiger partial charge in [0.25, 0.3) is 5.70 Å². The third kappa shape index (κ3) is 2.68. The highest BCUT2D eigenvalue weighted by atomic mass is 16.6. The van der Waals surface area contributed by atoms with Crippen LogP contribution < -0.4 is 4.74 Å². The highest BCUT2D eigenvalue weighted by molar-refractivity contribution is 5.96. The van der Waals surface area contributed by atoms with Gasteiger partial charge in [0.05, 0.1) is 30.3 Å². The summed E-state index contributed by atoms with van der Waals surface area (Å²) >= 11 is 0. The van der Waals surface area contributed by atoms with E-state index in [0.717, 1.165) is 23.6 Å². The molecular weight excluding hydrogens is 306 g/mol. The molecule has 0 spiro atoms. The Bertz CT molecular complexity index is 747. The molecule has 24 heavy (non-hydrogen) atoms. The van der Waals surface area contributed by atoms with Crippen molar-refractivity contribution in [2.75, 3.05) is 7.11 Å². The van der Waals surface area contributed by atoms with Crippen LogP contribution in [-0.2, 0) is 0 Å². The summed E-state index contributed by atoms with van der Waals surface area (Å²) in [5, 5.41) is 11.1. The second-order valence-corrected chi connectivity index (χ2v) is 6.47. The summed E-state index contributed by atoms with van der Waals surface area (Å²) in [7, 11) is 1.64. The Morgan fingerprint density at radius 3 is 2.62 bits per heavy atom. The van der Waals surface area contributed by atoms with Gasteiger partial charge < -0.3 is 9.64 Å². The standard InChI is InChI=1S/C18H19N3O3/c1-24-15-7-4-13(5-8-15)17-10-16(12-2-3-12)19-18-9-6-14(21(22)23)11-20(17)18/h4-9,11-12,16-17H,2-3,10H2,1H3. The van der Waals surface area contributed by atoms with Crippen LogP contribution in [0.3, 0.4) is 0 Å². The van der Waals surface area contributed by atoms with Crippen molar-refractivity contribution in [3.05, 3.63) is 64.0 Å². The molecule has 1 aliphatic carbocycles. The van der Waals surface area contributed by atoms with E-state index in [1.165, 1.54) is 18.9 Å². The summed E-state index contributed by atoms with van der Waals surface area (Å²) in [4.78, 5) is 17.6.